The predicted octanol–water partition coefficient (Wildman–Crippen LogP) is 3.03. The fourth-order valence-electron chi connectivity index (χ4n) is 1.99. The van der Waals surface area contributed by atoms with Gasteiger partial charge in [-0.3, -0.25) is 4.90 Å². The lowest BCUT2D eigenvalue weighted by atomic mass is 10.2. The van der Waals surface area contributed by atoms with Gasteiger partial charge in [0.05, 0.1) is 3.79 Å². The van der Waals surface area contributed by atoms with Crippen LogP contribution in [0.5, 0.6) is 0 Å². The van der Waals surface area contributed by atoms with Crippen molar-refractivity contribution in [3.8, 4) is 0 Å². The summed E-state index contributed by atoms with van der Waals surface area (Å²) in [5.41, 5.74) is 1.35. The van der Waals surface area contributed by atoms with Crippen molar-refractivity contribution in [2.24, 2.45) is 0 Å². The molecule has 1 fully saturated rings. The Labute approximate surface area is 116 Å². The summed E-state index contributed by atoms with van der Waals surface area (Å²) in [5, 5.41) is 3.41. The van der Waals surface area contributed by atoms with Crippen molar-refractivity contribution in [2.45, 2.75) is 25.9 Å². The molecule has 1 aliphatic heterocycles. The van der Waals surface area contributed by atoms with Crippen LogP contribution in [0.25, 0.3) is 0 Å². The van der Waals surface area contributed by atoms with E-state index in [4.69, 9.17) is 0 Å². The average Bonchev–Trinajstić information content (AvgIpc) is 2.77. The van der Waals surface area contributed by atoms with E-state index in [9.17, 15) is 0 Å². The van der Waals surface area contributed by atoms with E-state index in [2.05, 4.69) is 46.2 Å². The fraction of sp³-hybridized carbons (Fsp3) is 0.636. The van der Waals surface area contributed by atoms with Gasteiger partial charge in [-0.1, -0.05) is 0 Å². The second-order valence-electron chi connectivity index (χ2n) is 4.23. The lowest BCUT2D eigenvalue weighted by Crippen LogP contribution is -2.32. The van der Waals surface area contributed by atoms with Crippen molar-refractivity contribution in [3.05, 3.63) is 20.3 Å². The third-order valence-corrected chi connectivity index (χ3v) is 5.09. The molecule has 1 aromatic rings. The van der Waals surface area contributed by atoms with E-state index in [1.165, 1.54) is 27.2 Å². The highest BCUT2D eigenvalue weighted by Gasteiger charge is 2.19. The quantitative estimate of drug-likeness (QED) is 0.919. The topological polar surface area (TPSA) is 15.3 Å². The smallest absolute Gasteiger partial charge is 0.0730 e. The van der Waals surface area contributed by atoms with E-state index in [0.717, 1.165) is 13.1 Å². The lowest BCUT2D eigenvalue weighted by molar-refractivity contribution is 0.251. The zero-order valence-electron chi connectivity index (χ0n) is 9.62. The summed E-state index contributed by atoms with van der Waals surface area (Å²) in [6, 6.07) is 3.00. The molecule has 0 aromatic carbocycles. The average molecular weight is 326 g/mol. The summed E-state index contributed by atoms with van der Waals surface area (Å²) in [5.74, 6) is 0. The molecule has 1 saturated heterocycles. The maximum atomic E-state index is 3.58. The Bertz CT molecular complexity index is 317. The molecule has 2 nitrogen and oxygen atoms in total. The molecule has 0 bridgehead atoms. The maximum absolute atomic E-state index is 3.58. The number of thiophene rings is 1. The Morgan fingerprint density at radius 3 is 2.88 bits per heavy atom. The molecular weight excluding hydrogens is 308 g/mol. The molecule has 5 heteroatoms. The molecule has 0 spiro atoms. The maximum Gasteiger partial charge on any atom is 0.0730 e. The Balaban J connectivity index is 0.00000128. The van der Waals surface area contributed by atoms with Crippen molar-refractivity contribution in [3.63, 3.8) is 0 Å². The van der Waals surface area contributed by atoms with Crippen molar-refractivity contribution in [1.82, 2.24) is 10.2 Å². The Hall–Kier alpha value is 0.390. The number of aryl methyl sites for hydroxylation is 1. The molecule has 2 heterocycles. The second kappa shape index (κ2) is 6.36. The van der Waals surface area contributed by atoms with Gasteiger partial charge in [0.15, 0.2) is 0 Å². The largest absolute Gasteiger partial charge is 0.315 e. The van der Waals surface area contributed by atoms with Gasteiger partial charge in [-0.05, 0) is 54.5 Å². The molecule has 1 unspecified atom stereocenters. The van der Waals surface area contributed by atoms with Crippen LogP contribution >= 0.6 is 39.7 Å². The SMILES string of the molecule is Cc1cc(CN(C)C2CCNC2)sc1Br.Cl. The van der Waals surface area contributed by atoms with Crippen molar-refractivity contribution in [1.29, 1.82) is 0 Å². The number of nitrogens with zero attached hydrogens (tertiary/aromatic N) is 1. The minimum absolute atomic E-state index is 0. The van der Waals surface area contributed by atoms with Crippen LogP contribution in [0.15, 0.2) is 9.85 Å². The van der Waals surface area contributed by atoms with Gasteiger partial charge in [-0.15, -0.1) is 23.7 Å². The minimum atomic E-state index is 0. The molecule has 1 aliphatic rings. The molecular formula is C11H18BrClN2S. The molecule has 92 valence electrons. The number of likely N-dealkylation sites (N-methyl/N-ethyl adjacent to an activating group) is 1. The zero-order valence-corrected chi connectivity index (χ0v) is 12.8. The fourth-order valence-corrected chi connectivity index (χ4v) is 3.68. The Morgan fingerprint density at radius 2 is 2.38 bits per heavy atom. The van der Waals surface area contributed by atoms with E-state index in [1.807, 2.05) is 11.3 Å². The first kappa shape index (κ1) is 14.5. The van der Waals surface area contributed by atoms with Crippen LogP contribution < -0.4 is 5.32 Å². The molecule has 0 saturated carbocycles. The summed E-state index contributed by atoms with van der Waals surface area (Å²) in [6.45, 7) is 5.54. The van der Waals surface area contributed by atoms with E-state index >= 15 is 0 Å². The molecule has 0 aliphatic carbocycles. The van der Waals surface area contributed by atoms with Crippen LogP contribution in [-0.2, 0) is 6.54 Å². The van der Waals surface area contributed by atoms with Gasteiger partial charge >= 0.3 is 0 Å². The summed E-state index contributed by atoms with van der Waals surface area (Å²) in [7, 11) is 2.22. The number of nitrogens with one attached hydrogen (secondary N) is 1. The van der Waals surface area contributed by atoms with E-state index in [0.29, 0.717) is 6.04 Å². The van der Waals surface area contributed by atoms with E-state index < -0.39 is 0 Å². The minimum Gasteiger partial charge on any atom is -0.315 e. The van der Waals surface area contributed by atoms with Crippen LogP contribution in [0, 0.1) is 6.92 Å². The van der Waals surface area contributed by atoms with Crippen molar-refractivity contribution >= 4 is 39.7 Å². The van der Waals surface area contributed by atoms with E-state index in [1.54, 1.807) is 0 Å². The second-order valence-corrected chi connectivity index (χ2v) is 6.69. The molecule has 1 aromatic heterocycles. The number of hydrogen-bond donors (Lipinski definition) is 1. The summed E-state index contributed by atoms with van der Waals surface area (Å²) < 4.78 is 1.27. The first-order valence-corrected chi connectivity index (χ1v) is 6.93. The highest BCUT2D eigenvalue weighted by Crippen LogP contribution is 2.28. The first-order valence-electron chi connectivity index (χ1n) is 5.32. The molecule has 16 heavy (non-hydrogen) atoms. The van der Waals surface area contributed by atoms with Gasteiger partial charge in [0.1, 0.15) is 0 Å². The normalized spacial score (nSPS) is 20.1. The van der Waals surface area contributed by atoms with Gasteiger partial charge in [0.25, 0.3) is 0 Å². The first-order chi connectivity index (χ1) is 7.16. The summed E-state index contributed by atoms with van der Waals surface area (Å²) in [6.07, 6.45) is 1.28. The van der Waals surface area contributed by atoms with Crippen molar-refractivity contribution in [2.75, 3.05) is 20.1 Å². The Kier molecular flexibility index (Phi) is 5.74. The zero-order chi connectivity index (χ0) is 10.8. The molecule has 1 atom stereocenters. The number of hydrogen-bond acceptors (Lipinski definition) is 3. The highest BCUT2D eigenvalue weighted by molar-refractivity contribution is 9.11. The highest BCUT2D eigenvalue weighted by atomic mass is 79.9. The van der Waals surface area contributed by atoms with E-state index in [-0.39, 0.29) is 12.4 Å². The van der Waals surface area contributed by atoms with Gasteiger partial charge in [0, 0.05) is 24.0 Å². The van der Waals surface area contributed by atoms with Crippen LogP contribution in [0.2, 0.25) is 0 Å². The van der Waals surface area contributed by atoms with Crippen molar-refractivity contribution < 1.29 is 0 Å². The third kappa shape index (κ3) is 3.44. The monoisotopic (exact) mass is 324 g/mol. The van der Waals surface area contributed by atoms with Crippen LogP contribution in [-0.4, -0.2) is 31.1 Å². The predicted molar refractivity (Wildman–Crippen MR) is 76.7 cm³/mol. The van der Waals surface area contributed by atoms with Gasteiger partial charge in [-0.2, -0.15) is 0 Å². The van der Waals surface area contributed by atoms with Crippen LogP contribution in [0.3, 0.4) is 0 Å². The van der Waals surface area contributed by atoms with Gasteiger partial charge in [0.2, 0.25) is 0 Å². The molecule has 2 rings (SSSR count). The molecule has 0 amide bonds. The van der Waals surface area contributed by atoms with Crippen LogP contribution in [0.1, 0.15) is 16.9 Å². The van der Waals surface area contributed by atoms with Crippen LogP contribution in [0.4, 0.5) is 0 Å². The summed E-state index contributed by atoms with van der Waals surface area (Å²) in [4.78, 5) is 3.91. The number of halogens is 2. The molecule has 0 radical (unpaired) electrons. The molecule has 1 N–H and O–H groups in total. The Morgan fingerprint density at radius 1 is 1.62 bits per heavy atom. The van der Waals surface area contributed by atoms with Gasteiger partial charge < -0.3 is 5.32 Å². The summed E-state index contributed by atoms with van der Waals surface area (Å²) >= 11 is 5.43. The standard InChI is InChI=1S/C11H17BrN2S.ClH/c1-8-5-10(15-11(8)12)7-14(2)9-3-4-13-6-9;/h5,9,13H,3-4,6-7H2,1-2H3;1H. The third-order valence-electron chi connectivity index (χ3n) is 2.97. The lowest BCUT2D eigenvalue weighted by Gasteiger charge is -2.22. The number of rotatable bonds is 3. The van der Waals surface area contributed by atoms with Gasteiger partial charge in [-0.25, -0.2) is 0 Å².